The highest BCUT2D eigenvalue weighted by Crippen LogP contribution is 2.32. The summed E-state index contributed by atoms with van der Waals surface area (Å²) in [5, 5.41) is 9.24. The van der Waals surface area contributed by atoms with E-state index in [1.807, 2.05) is 54.4 Å². The molecule has 0 aromatic heterocycles. The maximum absolute atomic E-state index is 9.24. The third-order valence-corrected chi connectivity index (χ3v) is 3.52. The van der Waals surface area contributed by atoms with Crippen LogP contribution in [0, 0.1) is 11.3 Å². The number of nitriles is 1. The molecule has 0 aliphatic heterocycles. The molecule has 0 saturated carbocycles. The predicted molar refractivity (Wildman–Crippen MR) is 82.9 cm³/mol. The molecule has 2 rings (SSSR count). The van der Waals surface area contributed by atoms with Crippen molar-refractivity contribution in [3.63, 3.8) is 0 Å². The Kier molecular flexibility index (Phi) is 4.39. The van der Waals surface area contributed by atoms with E-state index in [0.29, 0.717) is 5.56 Å². The van der Waals surface area contributed by atoms with E-state index in [9.17, 15) is 5.26 Å². The third-order valence-electron chi connectivity index (χ3n) is 3.52. The third kappa shape index (κ3) is 2.66. The number of para-hydroxylation sites is 2. The van der Waals surface area contributed by atoms with Gasteiger partial charge in [0.2, 0.25) is 0 Å². The molecule has 2 aromatic rings. The normalized spacial score (nSPS) is 11.7. The van der Waals surface area contributed by atoms with Crippen molar-refractivity contribution in [1.82, 2.24) is 0 Å². The van der Waals surface area contributed by atoms with Crippen LogP contribution in [0.15, 0.2) is 48.5 Å². The molecule has 1 atom stereocenters. The minimum absolute atomic E-state index is 0.00268. The summed E-state index contributed by atoms with van der Waals surface area (Å²) in [4.78, 5) is 2.03. The van der Waals surface area contributed by atoms with Crippen molar-refractivity contribution in [1.29, 1.82) is 5.26 Å². The van der Waals surface area contributed by atoms with Crippen LogP contribution >= 0.6 is 0 Å². The van der Waals surface area contributed by atoms with Crippen LogP contribution in [0.25, 0.3) is 0 Å². The van der Waals surface area contributed by atoms with Crippen LogP contribution in [0.1, 0.15) is 30.5 Å². The zero-order valence-electron chi connectivity index (χ0n) is 11.9. The van der Waals surface area contributed by atoms with Crippen LogP contribution in [-0.4, -0.2) is 7.05 Å². The average Bonchev–Trinajstić information content (AvgIpc) is 2.53. The molecule has 0 bridgehead atoms. The number of benzene rings is 2. The van der Waals surface area contributed by atoms with E-state index in [1.165, 1.54) is 0 Å². The zero-order chi connectivity index (χ0) is 14.5. The lowest BCUT2D eigenvalue weighted by Gasteiger charge is -2.25. The molecule has 20 heavy (non-hydrogen) atoms. The smallest absolute Gasteiger partial charge is 0.101 e. The van der Waals surface area contributed by atoms with Crippen LogP contribution in [0.5, 0.6) is 0 Å². The summed E-state index contributed by atoms with van der Waals surface area (Å²) in [6.07, 6.45) is 0.880. The van der Waals surface area contributed by atoms with Gasteiger partial charge in [-0.2, -0.15) is 5.26 Å². The van der Waals surface area contributed by atoms with Gasteiger partial charge in [0.25, 0.3) is 0 Å². The maximum atomic E-state index is 9.24. The molecular weight excluding hydrogens is 246 g/mol. The summed E-state index contributed by atoms with van der Waals surface area (Å²) >= 11 is 0. The standard InChI is InChI=1S/C17H19N3/c1-3-15(19)14-9-5-7-11-17(14)20(2)16-10-6-4-8-13(16)12-18/h4-11,15H,3,19H2,1-2H3/t15-/m1/s1. The van der Waals surface area contributed by atoms with E-state index in [4.69, 9.17) is 5.73 Å². The summed E-state index contributed by atoms with van der Waals surface area (Å²) in [6, 6.07) is 17.9. The molecule has 3 heteroatoms. The van der Waals surface area contributed by atoms with Crippen LogP contribution in [0.3, 0.4) is 0 Å². The van der Waals surface area contributed by atoms with Gasteiger partial charge in [-0.1, -0.05) is 37.3 Å². The predicted octanol–water partition coefficient (Wildman–Crippen LogP) is 3.74. The van der Waals surface area contributed by atoms with E-state index >= 15 is 0 Å². The molecule has 0 radical (unpaired) electrons. The zero-order valence-corrected chi connectivity index (χ0v) is 11.9. The van der Waals surface area contributed by atoms with Crippen LogP contribution in [0.4, 0.5) is 11.4 Å². The van der Waals surface area contributed by atoms with Gasteiger partial charge in [-0.3, -0.25) is 0 Å². The van der Waals surface area contributed by atoms with Gasteiger partial charge in [0.05, 0.1) is 11.3 Å². The van der Waals surface area contributed by atoms with Crippen molar-refractivity contribution in [3.05, 3.63) is 59.7 Å². The second-order valence-corrected chi connectivity index (χ2v) is 4.76. The minimum Gasteiger partial charge on any atom is -0.343 e. The van der Waals surface area contributed by atoms with Gasteiger partial charge < -0.3 is 10.6 Å². The van der Waals surface area contributed by atoms with Crippen LogP contribution < -0.4 is 10.6 Å². The van der Waals surface area contributed by atoms with Gasteiger partial charge in [0.15, 0.2) is 0 Å². The van der Waals surface area contributed by atoms with E-state index in [-0.39, 0.29) is 6.04 Å². The molecule has 0 unspecified atom stereocenters. The van der Waals surface area contributed by atoms with Crippen molar-refractivity contribution < 1.29 is 0 Å². The molecule has 2 aromatic carbocycles. The maximum Gasteiger partial charge on any atom is 0.101 e. The molecule has 0 amide bonds. The van der Waals surface area contributed by atoms with Gasteiger partial charge in [0, 0.05) is 18.8 Å². The second-order valence-electron chi connectivity index (χ2n) is 4.76. The summed E-state index contributed by atoms with van der Waals surface area (Å²) in [5.74, 6) is 0. The highest BCUT2D eigenvalue weighted by atomic mass is 15.1. The first-order valence-corrected chi connectivity index (χ1v) is 6.76. The summed E-state index contributed by atoms with van der Waals surface area (Å²) in [6.45, 7) is 2.07. The monoisotopic (exact) mass is 265 g/mol. The Balaban J connectivity index is 2.49. The van der Waals surface area contributed by atoms with Crippen LogP contribution in [-0.2, 0) is 0 Å². The fourth-order valence-corrected chi connectivity index (χ4v) is 2.32. The molecular formula is C17H19N3. The summed E-state index contributed by atoms with van der Waals surface area (Å²) in [5.41, 5.74) is 9.89. The lowest BCUT2D eigenvalue weighted by Crippen LogP contribution is -2.17. The molecule has 102 valence electrons. The average molecular weight is 265 g/mol. The van der Waals surface area contributed by atoms with Gasteiger partial charge in [-0.25, -0.2) is 0 Å². The van der Waals surface area contributed by atoms with Crippen molar-refractivity contribution >= 4 is 11.4 Å². The fraction of sp³-hybridized carbons (Fsp3) is 0.235. The topological polar surface area (TPSA) is 53.0 Å². The number of rotatable bonds is 4. The molecule has 0 heterocycles. The Bertz CT molecular complexity index is 628. The highest BCUT2D eigenvalue weighted by Gasteiger charge is 2.15. The lowest BCUT2D eigenvalue weighted by atomic mass is 10.0. The van der Waals surface area contributed by atoms with Gasteiger partial charge in [-0.05, 0) is 30.2 Å². The van der Waals surface area contributed by atoms with Gasteiger partial charge in [-0.15, -0.1) is 0 Å². The Morgan fingerprint density at radius 2 is 1.70 bits per heavy atom. The molecule has 3 nitrogen and oxygen atoms in total. The van der Waals surface area contributed by atoms with Crippen molar-refractivity contribution in [3.8, 4) is 6.07 Å². The number of hydrogen-bond donors (Lipinski definition) is 1. The van der Waals surface area contributed by atoms with Gasteiger partial charge in [0.1, 0.15) is 6.07 Å². The van der Waals surface area contributed by atoms with E-state index in [2.05, 4.69) is 19.1 Å². The SMILES string of the molecule is CC[C@@H](N)c1ccccc1N(C)c1ccccc1C#N. The van der Waals surface area contributed by atoms with E-state index < -0.39 is 0 Å². The molecule has 0 aliphatic rings. The number of nitrogens with zero attached hydrogens (tertiary/aromatic N) is 2. The number of hydrogen-bond acceptors (Lipinski definition) is 3. The molecule has 0 aliphatic carbocycles. The highest BCUT2D eigenvalue weighted by molar-refractivity contribution is 5.71. The molecule has 0 saturated heterocycles. The Hall–Kier alpha value is -2.31. The van der Waals surface area contributed by atoms with E-state index in [0.717, 1.165) is 23.4 Å². The largest absolute Gasteiger partial charge is 0.343 e. The quantitative estimate of drug-likeness (QED) is 0.916. The molecule has 0 fully saturated rings. The Morgan fingerprint density at radius 1 is 1.10 bits per heavy atom. The first-order chi connectivity index (χ1) is 9.69. The molecule has 0 spiro atoms. The first-order valence-electron chi connectivity index (χ1n) is 6.76. The lowest BCUT2D eigenvalue weighted by molar-refractivity contribution is 0.698. The first kappa shape index (κ1) is 14.1. The Labute approximate surface area is 120 Å². The molecule has 2 N–H and O–H groups in total. The minimum atomic E-state index is 0.00268. The van der Waals surface area contributed by atoms with Crippen molar-refractivity contribution in [2.75, 3.05) is 11.9 Å². The van der Waals surface area contributed by atoms with Crippen molar-refractivity contribution in [2.24, 2.45) is 5.73 Å². The van der Waals surface area contributed by atoms with Gasteiger partial charge >= 0.3 is 0 Å². The van der Waals surface area contributed by atoms with Crippen molar-refractivity contribution in [2.45, 2.75) is 19.4 Å². The number of nitrogens with two attached hydrogens (primary N) is 1. The van der Waals surface area contributed by atoms with E-state index in [1.54, 1.807) is 0 Å². The van der Waals surface area contributed by atoms with Crippen LogP contribution in [0.2, 0.25) is 0 Å². The second kappa shape index (κ2) is 6.23. The Morgan fingerprint density at radius 3 is 2.35 bits per heavy atom. The summed E-state index contributed by atoms with van der Waals surface area (Å²) < 4.78 is 0. The summed E-state index contributed by atoms with van der Waals surface area (Å²) in [7, 11) is 1.97. The fourth-order valence-electron chi connectivity index (χ4n) is 2.32. The number of anilines is 2.